The Morgan fingerprint density at radius 2 is 1.78 bits per heavy atom. The van der Waals surface area contributed by atoms with Crippen LogP contribution in [0.1, 0.15) is 24.0 Å². The van der Waals surface area contributed by atoms with Gasteiger partial charge in [0.25, 0.3) is 0 Å². The molecule has 0 unspecified atom stereocenters. The molecule has 0 atom stereocenters. The molecular formula is C20H23FN2O3S. The number of benzene rings is 2. The van der Waals surface area contributed by atoms with E-state index in [1.54, 1.807) is 42.5 Å². The molecule has 5 nitrogen and oxygen atoms in total. The van der Waals surface area contributed by atoms with E-state index in [2.05, 4.69) is 4.72 Å². The highest BCUT2D eigenvalue weighted by atomic mass is 32.2. The molecule has 0 saturated carbocycles. The molecule has 27 heavy (non-hydrogen) atoms. The maximum atomic E-state index is 13.6. The molecule has 1 aliphatic heterocycles. The minimum absolute atomic E-state index is 0.127. The zero-order chi connectivity index (χ0) is 19.3. The number of likely N-dealkylation sites (tertiary alicyclic amines) is 1. The molecule has 1 saturated heterocycles. The molecule has 2 aromatic rings. The van der Waals surface area contributed by atoms with Crippen LogP contribution in [0.4, 0.5) is 4.39 Å². The topological polar surface area (TPSA) is 66.5 Å². The molecule has 144 valence electrons. The first-order valence-corrected chi connectivity index (χ1v) is 10.5. The Kier molecular flexibility index (Phi) is 6.23. The lowest BCUT2D eigenvalue weighted by atomic mass is 10.1. The molecule has 1 amide bonds. The first-order chi connectivity index (χ1) is 13.0. The Hall–Kier alpha value is -2.25. The van der Waals surface area contributed by atoms with E-state index in [1.165, 1.54) is 6.07 Å². The highest BCUT2D eigenvalue weighted by Gasteiger charge is 2.19. The molecule has 0 spiro atoms. The molecular weight excluding hydrogens is 367 g/mol. The van der Waals surface area contributed by atoms with Gasteiger partial charge in [0.05, 0.1) is 4.90 Å². The van der Waals surface area contributed by atoms with Crippen LogP contribution in [-0.2, 0) is 27.7 Å². The van der Waals surface area contributed by atoms with E-state index in [0.717, 1.165) is 18.5 Å². The molecule has 2 aromatic carbocycles. The van der Waals surface area contributed by atoms with Crippen LogP contribution in [0.25, 0.3) is 0 Å². The number of rotatable bonds is 8. The second-order valence-corrected chi connectivity index (χ2v) is 8.38. The van der Waals surface area contributed by atoms with E-state index in [9.17, 15) is 17.6 Å². The summed E-state index contributed by atoms with van der Waals surface area (Å²) >= 11 is 0. The maximum absolute atomic E-state index is 13.6. The van der Waals surface area contributed by atoms with Gasteiger partial charge in [-0.3, -0.25) is 4.79 Å². The SMILES string of the molecule is O=C1CCCN1CCc1ccc(S(=O)(=O)NCCc2ccccc2F)cc1. The summed E-state index contributed by atoms with van der Waals surface area (Å²) in [6.45, 7) is 1.59. The van der Waals surface area contributed by atoms with Gasteiger partial charge in [-0.25, -0.2) is 17.5 Å². The molecule has 0 radical (unpaired) electrons. The summed E-state index contributed by atoms with van der Waals surface area (Å²) in [5.41, 5.74) is 1.46. The molecule has 1 aliphatic rings. The fourth-order valence-electron chi connectivity index (χ4n) is 3.14. The van der Waals surface area contributed by atoms with Crippen molar-refractivity contribution in [1.29, 1.82) is 0 Å². The Morgan fingerprint density at radius 3 is 2.44 bits per heavy atom. The Balaban J connectivity index is 1.53. The van der Waals surface area contributed by atoms with Crippen molar-refractivity contribution in [2.24, 2.45) is 0 Å². The molecule has 0 aliphatic carbocycles. The van der Waals surface area contributed by atoms with Crippen molar-refractivity contribution < 1.29 is 17.6 Å². The summed E-state index contributed by atoms with van der Waals surface area (Å²) in [6, 6.07) is 13.0. The second kappa shape index (κ2) is 8.63. The highest BCUT2D eigenvalue weighted by molar-refractivity contribution is 7.89. The number of carbonyl (C=O) groups is 1. The van der Waals surface area contributed by atoms with Crippen molar-refractivity contribution in [3.63, 3.8) is 0 Å². The van der Waals surface area contributed by atoms with E-state index < -0.39 is 10.0 Å². The van der Waals surface area contributed by atoms with Crippen LogP contribution in [-0.4, -0.2) is 38.9 Å². The van der Waals surface area contributed by atoms with Crippen LogP contribution in [0.2, 0.25) is 0 Å². The highest BCUT2D eigenvalue weighted by Crippen LogP contribution is 2.14. The normalized spacial score (nSPS) is 14.7. The molecule has 1 N–H and O–H groups in total. The van der Waals surface area contributed by atoms with E-state index in [4.69, 9.17) is 0 Å². The van der Waals surface area contributed by atoms with Crippen molar-refractivity contribution in [3.8, 4) is 0 Å². The average Bonchev–Trinajstić information content (AvgIpc) is 3.07. The summed E-state index contributed by atoms with van der Waals surface area (Å²) in [6.07, 6.45) is 2.52. The zero-order valence-electron chi connectivity index (χ0n) is 15.0. The van der Waals surface area contributed by atoms with Gasteiger partial charge in [-0.05, 0) is 48.6 Å². The smallest absolute Gasteiger partial charge is 0.240 e. The van der Waals surface area contributed by atoms with Gasteiger partial charge in [0.1, 0.15) is 5.82 Å². The zero-order valence-corrected chi connectivity index (χ0v) is 15.8. The number of halogens is 1. The number of sulfonamides is 1. The Labute approximate surface area is 159 Å². The van der Waals surface area contributed by atoms with E-state index in [1.807, 2.05) is 4.90 Å². The molecule has 1 heterocycles. The standard InChI is InChI=1S/C20H23FN2O3S/c21-19-5-2-1-4-17(19)11-13-22-27(25,26)18-9-7-16(8-10-18)12-15-23-14-3-6-20(23)24/h1-2,4-5,7-10,22H,3,6,11-15H2. The van der Waals surface area contributed by atoms with Crippen LogP contribution in [0.15, 0.2) is 53.4 Å². The van der Waals surface area contributed by atoms with E-state index >= 15 is 0 Å². The van der Waals surface area contributed by atoms with Crippen molar-refractivity contribution in [2.45, 2.75) is 30.6 Å². The summed E-state index contributed by atoms with van der Waals surface area (Å²) < 4.78 is 40.8. The lowest BCUT2D eigenvalue weighted by Crippen LogP contribution is -2.27. The van der Waals surface area contributed by atoms with Gasteiger partial charge >= 0.3 is 0 Å². The van der Waals surface area contributed by atoms with Crippen LogP contribution in [0.3, 0.4) is 0 Å². The summed E-state index contributed by atoms with van der Waals surface area (Å²) in [5, 5.41) is 0. The summed E-state index contributed by atoms with van der Waals surface area (Å²) in [4.78, 5) is 13.6. The molecule has 7 heteroatoms. The monoisotopic (exact) mass is 390 g/mol. The quantitative estimate of drug-likeness (QED) is 0.753. The van der Waals surface area contributed by atoms with Gasteiger partial charge in [0.2, 0.25) is 15.9 Å². The predicted octanol–water partition coefficient (Wildman–Crippen LogP) is 2.51. The number of nitrogens with zero attached hydrogens (tertiary/aromatic N) is 1. The van der Waals surface area contributed by atoms with Gasteiger partial charge in [0.15, 0.2) is 0 Å². The van der Waals surface area contributed by atoms with E-state index in [-0.39, 0.29) is 29.6 Å². The lowest BCUT2D eigenvalue weighted by molar-refractivity contribution is -0.127. The predicted molar refractivity (Wildman–Crippen MR) is 101 cm³/mol. The molecule has 1 fully saturated rings. The van der Waals surface area contributed by atoms with Crippen LogP contribution >= 0.6 is 0 Å². The lowest BCUT2D eigenvalue weighted by Gasteiger charge is -2.15. The van der Waals surface area contributed by atoms with Gasteiger partial charge in [-0.15, -0.1) is 0 Å². The molecule has 0 aromatic heterocycles. The number of carbonyl (C=O) groups excluding carboxylic acids is 1. The third kappa shape index (κ3) is 5.14. The van der Waals surface area contributed by atoms with Crippen molar-refractivity contribution >= 4 is 15.9 Å². The molecule has 3 rings (SSSR count). The Bertz CT molecular complexity index is 898. The third-order valence-corrected chi connectivity index (χ3v) is 6.20. The molecule has 0 bridgehead atoms. The largest absolute Gasteiger partial charge is 0.342 e. The number of nitrogens with one attached hydrogen (secondary N) is 1. The third-order valence-electron chi connectivity index (χ3n) is 4.72. The average molecular weight is 390 g/mol. The minimum atomic E-state index is -3.64. The van der Waals surface area contributed by atoms with Gasteiger partial charge in [0, 0.05) is 26.1 Å². The second-order valence-electron chi connectivity index (χ2n) is 6.62. The number of hydrogen-bond donors (Lipinski definition) is 1. The maximum Gasteiger partial charge on any atom is 0.240 e. The van der Waals surface area contributed by atoms with Crippen LogP contribution in [0.5, 0.6) is 0 Å². The number of amides is 1. The van der Waals surface area contributed by atoms with Crippen molar-refractivity contribution in [1.82, 2.24) is 9.62 Å². The Morgan fingerprint density at radius 1 is 1.04 bits per heavy atom. The fraction of sp³-hybridized carbons (Fsp3) is 0.350. The van der Waals surface area contributed by atoms with Crippen LogP contribution < -0.4 is 4.72 Å². The number of hydrogen-bond acceptors (Lipinski definition) is 3. The first kappa shape index (κ1) is 19.5. The van der Waals surface area contributed by atoms with Crippen LogP contribution in [0, 0.1) is 5.82 Å². The van der Waals surface area contributed by atoms with Gasteiger partial charge in [-0.1, -0.05) is 30.3 Å². The van der Waals surface area contributed by atoms with Crippen molar-refractivity contribution in [3.05, 3.63) is 65.5 Å². The van der Waals surface area contributed by atoms with E-state index in [0.29, 0.717) is 24.9 Å². The van der Waals surface area contributed by atoms with Gasteiger partial charge < -0.3 is 4.90 Å². The van der Waals surface area contributed by atoms with Crippen molar-refractivity contribution in [2.75, 3.05) is 19.6 Å². The summed E-state index contributed by atoms with van der Waals surface area (Å²) in [7, 11) is -3.64. The minimum Gasteiger partial charge on any atom is -0.342 e. The van der Waals surface area contributed by atoms with Gasteiger partial charge in [-0.2, -0.15) is 0 Å². The first-order valence-electron chi connectivity index (χ1n) is 9.05. The summed E-state index contributed by atoms with van der Waals surface area (Å²) in [5.74, 6) is -0.147. The fourth-order valence-corrected chi connectivity index (χ4v) is 4.18.